The van der Waals surface area contributed by atoms with Crippen molar-refractivity contribution in [3.8, 4) is 22.8 Å². The number of carbonyl (C=O) groups excluding carboxylic acids is 1. The predicted molar refractivity (Wildman–Crippen MR) is 124 cm³/mol. The average Bonchev–Trinajstić information content (AvgIpc) is 2.88. The van der Waals surface area contributed by atoms with Crippen molar-refractivity contribution in [1.29, 1.82) is 0 Å². The van der Waals surface area contributed by atoms with Crippen molar-refractivity contribution < 1.29 is 14.3 Å². The second-order valence-corrected chi connectivity index (χ2v) is 7.82. The van der Waals surface area contributed by atoms with Crippen molar-refractivity contribution in [3.05, 3.63) is 66.5 Å². The maximum Gasteiger partial charge on any atom is 0.223 e. The molecular weight excluding hydrogens is 404 g/mol. The van der Waals surface area contributed by atoms with Gasteiger partial charge in [0.25, 0.3) is 0 Å². The first-order valence-electron chi connectivity index (χ1n) is 10.8. The lowest BCUT2D eigenvalue weighted by Gasteiger charge is -2.32. The monoisotopic (exact) mass is 432 g/mol. The zero-order valence-electron chi connectivity index (χ0n) is 18.5. The second kappa shape index (κ2) is 10.1. The summed E-state index contributed by atoms with van der Waals surface area (Å²) in [6, 6.07) is 17.6. The number of rotatable bonds is 7. The molecule has 1 aliphatic heterocycles. The zero-order valence-corrected chi connectivity index (χ0v) is 18.5. The molecule has 0 radical (unpaired) electrons. The predicted octanol–water partition coefficient (Wildman–Crippen LogP) is 3.69. The molecule has 7 nitrogen and oxygen atoms in total. The Balaban J connectivity index is 1.31. The van der Waals surface area contributed by atoms with E-state index in [4.69, 9.17) is 9.47 Å². The van der Waals surface area contributed by atoms with Gasteiger partial charge in [0.2, 0.25) is 5.91 Å². The van der Waals surface area contributed by atoms with Gasteiger partial charge in [0, 0.05) is 37.2 Å². The summed E-state index contributed by atoms with van der Waals surface area (Å²) >= 11 is 0. The van der Waals surface area contributed by atoms with Crippen LogP contribution in [0.4, 0.5) is 5.82 Å². The molecule has 0 saturated carbocycles. The zero-order chi connectivity index (χ0) is 22.3. The summed E-state index contributed by atoms with van der Waals surface area (Å²) in [5, 5.41) is 3.07. The van der Waals surface area contributed by atoms with E-state index >= 15 is 0 Å². The standard InChI is InChI=1S/C25H28N4O3/c1-31-21-7-3-18(4-8-21)16-26-25(30)20-11-13-29(14-12-20)24-15-23(27-17-28-24)19-5-9-22(32-2)10-6-19/h3-10,15,17,20H,11-14,16H2,1-2H3,(H,26,30). The van der Waals surface area contributed by atoms with E-state index in [0.29, 0.717) is 6.54 Å². The van der Waals surface area contributed by atoms with Gasteiger partial charge in [0.15, 0.2) is 0 Å². The van der Waals surface area contributed by atoms with Crippen LogP contribution < -0.4 is 19.7 Å². The highest BCUT2D eigenvalue weighted by atomic mass is 16.5. The summed E-state index contributed by atoms with van der Waals surface area (Å²) in [6.07, 6.45) is 3.20. The van der Waals surface area contributed by atoms with Gasteiger partial charge < -0.3 is 19.7 Å². The number of amides is 1. The number of ether oxygens (including phenoxy) is 2. The van der Waals surface area contributed by atoms with Crippen molar-refractivity contribution in [2.24, 2.45) is 5.92 Å². The Morgan fingerprint density at radius 3 is 2.22 bits per heavy atom. The molecule has 32 heavy (non-hydrogen) atoms. The molecule has 7 heteroatoms. The minimum atomic E-state index is 0.0207. The lowest BCUT2D eigenvalue weighted by Crippen LogP contribution is -2.40. The molecule has 0 spiro atoms. The molecule has 0 unspecified atom stereocenters. The molecule has 1 amide bonds. The van der Waals surface area contributed by atoms with Crippen LogP contribution in [0.25, 0.3) is 11.3 Å². The average molecular weight is 433 g/mol. The summed E-state index contributed by atoms with van der Waals surface area (Å²) < 4.78 is 10.4. The third-order valence-corrected chi connectivity index (χ3v) is 5.85. The van der Waals surface area contributed by atoms with Gasteiger partial charge in [-0.15, -0.1) is 0 Å². The molecule has 1 aromatic heterocycles. The fraction of sp³-hybridized carbons (Fsp3) is 0.320. The number of carbonyl (C=O) groups is 1. The maximum atomic E-state index is 12.6. The minimum Gasteiger partial charge on any atom is -0.497 e. The van der Waals surface area contributed by atoms with Crippen LogP contribution in [-0.2, 0) is 11.3 Å². The van der Waals surface area contributed by atoms with Crippen molar-refractivity contribution in [3.63, 3.8) is 0 Å². The van der Waals surface area contributed by atoms with E-state index < -0.39 is 0 Å². The minimum absolute atomic E-state index is 0.0207. The first kappa shape index (κ1) is 21.6. The Morgan fingerprint density at radius 2 is 1.59 bits per heavy atom. The number of anilines is 1. The molecule has 1 saturated heterocycles. The third kappa shape index (κ3) is 5.17. The van der Waals surface area contributed by atoms with E-state index in [1.54, 1.807) is 20.5 Å². The summed E-state index contributed by atoms with van der Waals surface area (Å²) in [5.74, 6) is 2.65. The number of hydrogen-bond acceptors (Lipinski definition) is 6. The first-order chi connectivity index (χ1) is 15.7. The fourth-order valence-corrected chi connectivity index (χ4v) is 3.89. The Bertz CT molecular complexity index is 1030. The van der Waals surface area contributed by atoms with Gasteiger partial charge in [-0.1, -0.05) is 12.1 Å². The maximum absolute atomic E-state index is 12.6. The van der Waals surface area contributed by atoms with Gasteiger partial charge in [-0.2, -0.15) is 0 Å². The number of aromatic nitrogens is 2. The van der Waals surface area contributed by atoms with Crippen molar-refractivity contribution in [1.82, 2.24) is 15.3 Å². The van der Waals surface area contributed by atoms with Crippen molar-refractivity contribution in [2.45, 2.75) is 19.4 Å². The molecule has 0 bridgehead atoms. The van der Waals surface area contributed by atoms with Gasteiger partial charge in [-0.25, -0.2) is 9.97 Å². The van der Waals surface area contributed by atoms with Gasteiger partial charge in [-0.05, 0) is 54.8 Å². The highest BCUT2D eigenvalue weighted by Crippen LogP contribution is 2.26. The SMILES string of the molecule is COc1ccc(CNC(=O)C2CCN(c3cc(-c4ccc(OC)cc4)ncn3)CC2)cc1. The summed E-state index contributed by atoms with van der Waals surface area (Å²) in [6.45, 7) is 2.11. The van der Waals surface area contributed by atoms with Crippen LogP contribution >= 0.6 is 0 Å². The molecule has 3 aromatic rings. The molecule has 0 aliphatic carbocycles. The van der Waals surface area contributed by atoms with Crippen LogP contribution in [0.1, 0.15) is 18.4 Å². The Morgan fingerprint density at radius 1 is 0.969 bits per heavy atom. The van der Waals surface area contributed by atoms with Crippen molar-refractivity contribution in [2.75, 3.05) is 32.2 Å². The largest absolute Gasteiger partial charge is 0.497 e. The van der Waals surface area contributed by atoms with E-state index in [0.717, 1.165) is 60.1 Å². The van der Waals surface area contributed by atoms with Crippen LogP contribution in [0.3, 0.4) is 0 Å². The smallest absolute Gasteiger partial charge is 0.223 e. The lowest BCUT2D eigenvalue weighted by molar-refractivity contribution is -0.125. The number of benzene rings is 2. The summed E-state index contributed by atoms with van der Waals surface area (Å²) in [5.41, 5.74) is 2.95. The summed E-state index contributed by atoms with van der Waals surface area (Å²) in [7, 11) is 3.30. The molecule has 0 atom stereocenters. The normalized spacial score (nSPS) is 14.1. The molecule has 166 valence electrons. The molecular formula is C25H28N4O3. The lowest BCUT2D eigenvalue weighted by atomic mass is 9.95. The topological polar surface area (TPSA) is 76.6 Å². The number of hydrogen-bond donors (Lipinski definition) is 1. The van der Waals surface area contributed by atoms with Gasteiger partial charge in [0.1, 0.15) is 23.6 Å². The summed E-state index contributed by atoms with van der Waals surface area (Å²) in [4.78, 5) is 23.7. The first-order valence-corrected chi connectivity index (χ1v) is 10.8. The van der Waals surface area contributed by atoms with Crippen LogP contribution in [0.2, 0.25) is 0 Å². The van der Waals surface area contributed by atoms with Crippen molar-refractivity contribution >= 4 is 11.7 Å². The highest BCUT2D eigenvalue weighted by molar-refractivity contribution is 5.79. The third-order valence-electron chi connectivity index (χ3n) is 5.85. The Hall–Kier alpha value is -3.61. The Labute approximate surface area is 188 Å². The van der Waals surface area contributed by atoms with E-state index in [1.165, 1.54) is 0 Å². The van der Waals surface area contributed by atoms with E-state index in [-0.39, 0.29) is 11.8 Å². The molecule has 2 aromatic carbocycles. The number of piperidine rings is 1. The van der Waals surface area contributed by atoms with Crippen LogP contribution in [0, 0.1) is 5.92 Å². The highest BCUT2D eigenvalue weighted by Gasteiger charge is 2.25. The quantitative estimate of drug-likeness (QED) is 0.614. The number of methoxy groups -OCH3 is 2. The van der Waals surface area contributed by atoms with Gasteiger partial charge in [-0.3, -0.25) is 4.79 Å². The fourth-order valence-electron chi connectivity index (χ4n) is 3.89. The van der Waals surface area contributed by atoms with E-state index in [1.807, 2.05) is 54.6 Å². The van der Waals surface area contributed by atoms with Crippen LogP contribution in [-0.4, -0.2) is 43.2 Å². The van der Waals surface area contributed by atoms with Crippen LogP contribution in [0.5, 0.6) is 11.5 Å². The molecule has 1 fully saturated rings. The van der Waals surface area contributed by atoms with Gasteiger partial charge >= 0.3 is 0 Å². The van der Waals surface area contributed by atoms with E-state index in [2.05, 4.69) is 20.2 Å². The van der Waals surface area contributed by atoms with Gasteiger partial charge in [0.05, 0.1) is 19.9 Å². The number of nitrogens with zero attached hydrogens (tertiary/aromatic N) is 3. The second-order valence-electron chi connectivity index (χ2n) is 7.82. The number of nitrogens with one attached hydrogen (secondary N) is 1. The van der Waals surface area contributed by atoms with E-state index in [9.17, 15) is 4.79 Å². The molecule has 1 aliphatic rings. The molecule has 2 heterocycles. The molecule has 1 N–H and O–H groups in total. The Kier molecular flexibility index (Phi) is 6.84. The van der Waals surface area contributed by atoms with Crippen LogP contribution in [0.15, 0.2) is 60.9 Å². The molecule has 4 rings (SSSR count).